The number of allylic oxidation sites excluding steroid dienone is 1. The Kier molecular flexibility index (Phi) is 4.56. The summed E-state index contributed by atoms with van der Waals surface area (Å²) >= 11 is 1.58. The summed E-state index contributed by atoms with van der Waals surface area (Å²) in [6.45, 7) is 0. The number of imidazole rings is 1. The third-order valence-electron chi connectivity index (χ3n) is 6.48. The maximum atomic E-state index is 13.4. The summed E-state index contributed by atoms with van der Waals surface area (Å²) in [4.78, 5) is 37.8. The van der Waals surface area contributed by atoms with Crippen molar-refractivity contribution in [3.63, 3.8) is 0 Å². The maximum Gasteiger partial charge on any atom is 0.197 e. The molecule has 5 nitrogen and oxygen atoms in total. The van der Waals surface area contributed by atoms with E-state index in [-0.39, 0.29) is 17.1 Å². The monoisotopic (exact) mass is 483 g/mol. The second-order valence-electron chi connectivity index (χ2n) is 8.64. The molecule has 3 heterocycles. The molecule has 0 aliphatic heterocycles. The number of carbonyl (C=O) groups is 2. The molecular formula is C30H17N3O2S. The van der Waals surface area contributed by atoms with E-state index in [0.29, 0.717) is 17.0 Å². The van der Waals surface area contributed by atoms with Crippen molar-refractivity contribution in [3.8, 4) is 16.1 Å². The summed E-state index contributed by atoms with van der Waals surface area (Å²) < 4.78 is 1.96. The molecular weight excluding hydrogens is 466 g/mol. The average Bonchev–Trinajstić information content (AvgIpc) is 3.55. The molecule has 36 heavy (non-hydrogen) atoms. The van der Waals surface area contributed by atoms with E-state index in [2.05, 4.69) is 23.2 Å². The number of hydrogen-bond donors (Lipinski definition) is 0. The highest BCUT2D eigenvalue weighted by Crippen LogP contribution is 2.37. The Morgan fingerprint density at radius 3 is 2.14 bits per heavy atom. The molecule has 0 atom stereocenters. The minimum absolute atomic E-state index is 0.131. The predicted octanol–water partition coefficient (Wildman–Crippen LogP) is 6.76. The third-order valence-corrected chi connectivity index (χ3v) is 7.55. The van der Waals surface area contributed by atoms with Crippen LogP contribution in [-0.2, 0) is 0 Å². The van der Waals surface area contributed by atoms with Crippen molar-refractivity contribution in [2.75, 3.05) is 0 Å². The van der Waals surface area contributed by atoms with Gasteiger partial charge in [-0.25, -0.2) is 4.98 Å². The Morgan fingerprint density at radius 2 is 1.47 bits per heavy atom. The summed E-state index contributed by atoms with van der Waals surface area (Å²) in [6.07, 6.45) is 5.09. The highest BCUT2D eigenvalue weighted by molar-refractivity contribution is 7.21. The van der Waals surface area contributed by atoms with Gasteiger partial charge in [-0.15, -0.1) is 11.3 Å². The van der Waals surface area contributed by atoms with Crippen LogP contribution in [0, 0.1) is 0 Å². The van der Waals surface area contributed by atoms with Crippen LogP contribution in [0.2, 0.25) is 0 Å². The number of ketones is 2. The standard InChI is InChI=1S/C30H17N3O2S/c34-28-22-13-19-9-4-5-10-20(19)14-23(22)29(35)24(28)15-27-32-30-25(33(27)21-11-6-12-31-17-21)16-26(36-30)18-7-2-1-3-8-18/h1-17H. The normalized spacial score (nSPS) is 13.1. The second-order valence-corrected chi connectivity index (χ2v) is 9.68. The fraction of sp³-hybridized carbons (Fsp3) is 0. The summed E-state index contributed by atoms with van der Waals surface area (Å²) in [7, 11) is 0. The van der Waals surface area contributed by atoms with Crippen LogP contribution in [0.4, 0.5) is 0 Å². The minimum atomic E-state index is -0.269. The molecule has 3 aromatic carbocycles. The molecule has 0 amide bonds. The number of fused-ring (bicyclic) bond motifs is 3. The summed E-state index contributed by atoms with van der Waals surface area (Å²) in [5.74, 6) is -0.0115. The molecule has 0 bridgehead atoms. The van der Waals surface area contributed by atoms with Gasteiger partial charge in [0.05, 0.1) is 23.0 Å². The van der Waals surface area contributed by atoms with Gasteiger partial charge in [-0.05, 0) is 52.7 Å². The lowest BCUT2D eigenvalue weighted by Crippen LogP contribution is -2.03. The number of aromatic nitrogens is 3. The van der Waals surface area contributed by atoms with Crippen LogP contribution < -0.4 is 0 Å². The van der Waals surface area contributed by atoms with Gasteiger partial charge in [-0.3, -0.25) is 19.1 Å². The molecule has 0 spiro atoms. The number of hydrogen-bond acceptors (Lipinski definition) is 5. The number of thiophene rings is 1. The first-order chi connectivity index (χ1) is 17.7. The molecule has 7 rings (SSSR count). The first-order valence-electron chi connectivity index (χ1n) is 11.5. The lowest BCUT2D eigenvalue weighted by atomic mass is 10.0. The number of carbonyl (C=O) groups excluding carboxylic acids is 2. The lowest BCUT2D eigenvalue weighted by molar-refractivity contribution is 0.0990. The number of pyridine rings is 1. The van der Waals surface area contributed by atoms with Crippen LogP contribution in [0.15, 0.2) is 103 Å². The summed E-state index contributed by atoms with van der Waals surface area (Å²) in [5, 5.41) is 1.87. The van der Waals surface area contributed by atoms with Gasteiger partial charge in [-0.2, -0.15) is 0 Å². The Bertz CT molecular complexity index is 1810. The maximum absolute atomic E-state index is 13.4. The van der Waals surface area contributed by atoms with Crippen molar-refractivity contribution in [2.45, 2.75) is 0 Å². The smallest absolute Gasteiger partial charge is 0.197 e. The Hall–Kier alpha value is -4.68. The van der Waals surface area contributed by atoms with Crippen molar-refractivity contribution >= 4 is 50.1 Å². The van der Waals surface area contributed by atoms with Crippen molar-refractivity contribution < 1.29 is 9.59 Å². The molecule has 6 aromatic rings. The van der Waals surface area contributed by atoms with Gasteiger partial charge >= 0.3 is 0 Å². The van der Waals surface area contributed by atoms with Crippen LogP contribution in [0.1, 0.15) is 26.5 Å². The number of benzene rings is 3. The first-order valence-corrected chi connectivity index (χ1v) is 12.3. The molecule has 0 radical (unpaired) electrons. The molecule has 3 aromatic heterocycles. The molecule has 6 heteroatoms. The van der Waals surface area contributed by atoms with Crippen molar-refractivity contribution in [2.24, 2.45) is 0 Å². The SMILES string of the molecule is O=C1C(=Cc2nc3sc(-c4ccccc4)cc3n2-c2cccnc2)C(=O)c2cc3ccccc3cc21. The fourth-order valence-electron chi connectivity index (χ4n) is 4.76. The van der Waals surface area contributed by atoms with Crippen LogP contribution in [-0.4, -0.2) is 26.1 Å². The van der Waals surface area contributed by atoms with Gasteiger partial charge in [0.1, 0.15) is 10.7 Å². The summed E-state index contributed by atoms with van der Waals surface area (Å²) in [6, 6.07) is 27.4. The zero-order chi connectivity index (χ0) is 24.2. The van der Waals surface area contributed by atoms with Crippen LogP contribution in [0.3, 0.4) is 0 Å². The van der Waals surface area contributed by atoms with E-state index in [0.717, 1.165) is 37.2 Å². The van der Waals surface area contributed by atoms with Crippen LogP contribution >= 0.6 is 11.3 Å². The van der Waals surface area contributed by atoms with Gasteiger partial charge in [0.2, 0.25) is 0 Å². The fourth-order valence-corrected chi connectivity index (χ4v) is 5.78. The Labute approximate surface area is 210 Å². The van der Waals surface area contributed by atoms with Gasteiger partial charge in [0.15, 0.2) is 11.6 Å². The quantitative estimate of drug-likeness (QED) is 0.206. The first kappa shape index (κ1) is 20.7. The Balaban J connectivity index is 1.40. The zero-order valence-corrected chi connectivity index (χ0v) is 19.7. The van der Waals surface area contributed by atoms with Crippen molar-refractivity contribution in [1.29, 1.82) is 0 Å². The van der Waals surface area contributed by atoms with Gasteiger partial charge in [0.25, 0.3) is 0 Å². The highest BCUT2D eigenvalue weighted by atomic mass is 32.1. The van der Waals surface area contributed by atoms with E-state index < -0.39 is 0 Å². The lowest BCUT2D eigenvalue weighted by Gasteiger charge is -2.06. The number of Topliss-reactive ketones (excluding diaryl/α,β-unsaturated/α-hetero) is 2. The molecule has 0 saturated heterocycles. The molecule has 0 N–H and O–H groups in total. The van der Waals surface area contributed by atoms with Crippen molar-refractivity contribution in [1.82, 2.24) is 14.5 Å². The van der Waals surface area contributed by atoms with Gasteiger partial charge in [-0.1, -0.05) is 54.6 Å². The van der Waals surface area contributed by atoms with Gasteiger partial charge in [0, 0.05) is 22.2 Å². The summed E-state index contributed by atoms with van der Waals surface area (Å²) in [5.41, 5.74) is 3.84. The topological polar surface area (TPSA) is 64.8 Å². The molecule has 1 aliphatic rings. The van der Waals surface area contributed by atoms with E-state index in [1.165, 1.54) is 0 Å². The average molecular weight is 484 g/mol. The largest absolute Gasteiger partial charge is 0.290 e. The van der Waals surface area contributed by atoms with E-state index in [1.807, 2.05) is 71.3 Å². The Morgan fingerprint density at radius 1 is 0.778 bits per heavy atom. The second kappa shape index (κ2) is 7.93. The van der Waals surface area contributed by atoms with E-state index in [4.69, 9.17) is 4.98 Å². The molecule has 1 aliphatic carbocycles. The van der Waals surface area contributed by atoms with Gasteiger partial charge < -0.3 is 0 Å². The van der Waals surface area contributed by atoms with E-state index in [9.17, 15) is 9.59 Å². The number of nitrogens with zero attached hydrogens (tertiary/aromatic N) is 3. The molecule has 0 fully saturated rings. The van der Waals surface area contributed by atoms with E-state index >= 15 is 0 Å². The van der Waals surface area contributed by atoms with E-state index in [1.54, 1.807) is 29.8 Å². The van der Waals surface area contributed by atoms with Crippen molar-refractivity contribution in [3.05, 3.63) is 120 Å². The molecule has 170 valence electrons. The highest BCUT2D eigenvalue weighted by Gasteiger charge is 2.34. The van der Waals surface area contributed by atoms with Crippen LogP contribution in [0.25, 0.3) is 43.3 Å². The number of rotatable bonds is 3. The minimum Gasteiger partial charge on any atom is -0.290 e. The molecule has 0 saturated carbocycles. The third kappa shape index (κ3) is 3.16. The zero-order valence-electron chi connectivity index (χ0n) is 18.9. The van der Waals surface area contributed by atoms with Crippen LogP contribution in [0.5, 0.6) is 0 Å². The predicted molar refractivity (Wildman–Crippen MR) is 143 cm³/mol. The molecule has 0 unspecified atom stereocenters.